The largest absolute Gasteiger partial charge is 0.309 e. The van der Waals surface area contributed by atoms with E-state index in [0.717, 1.165) is 59.0 Å². The molecule has 0 unspecified atom stereocenters. The molecule has 276 valence electrons. The van der Waals surface area contributed by atoms with Crippen LogP contribution in [-0.2, 0) is 0 Å². The molecular weight excluding hydrogens is 717 g/mol. The van der Waals surface area contributed by atoms with Crippen LogP contribution in [0.1, 0.15) is 21.1 Å². The molecule has 0 N–H and O–H groups in total. The zero-order valence-corrected chi connectivity index (χ0v) is 31.6. The highest BCUT2D eigenvalue weighted by atomic mass is 28.3. The molecule has 0 radical (unpaired) electrons. The number of hydrogen-bond donors (Lipinski definition) is 0. The Labute approximate surface area is 354 Å². The number of nitrogens with zero attached hydrogens (tertiary/aromatic N) is 2. The molecule has 0 amide bonds. The molecule has 0 bridgehead atoms. The molecule has 2 nitrogen and oxygen atoms in total. The minimum absolute atomic E-state index is 0. The first-order valence-electron chi connectivity index (χ1n) is 23.9. The summed E-state index contributed by atoms with van der Waals surface area (Å²) in [4.78, 5) is 0. The second-order valence-corrected chi connectivity index (χ2v) is 18.0. The number of rotatable bonds is 7. The Kier molecular flexibility index (Phi) is 6.41. The summed E-state index contributed by atoms with van der Waals surface area (Å²) in [7, 11) is -3.31. The first-order chi connectivity index (χ1) is 32.4. The van der Waals surface area contributed by atoms with Gasteiger partial charge in [0.15, 0.2) is 8.07 Å². The summed E-state index contributed by atoms with van der Waals surface area (Å²) in [5, 5.41) is 8.05. The summed E-state index contributed by atoms with van der Waals surface area (Å²) in [6.07, 6.45) is 0. The first-order valence-corrected chi connectivity index (χ1v) is 20.9. The highest BCUT2D eigenvalue weighted by Gasteiger charge is 2.42. The Morgan fingerprint density at radius 2 is 0.845 bits per heavy atom. The van der Waals surface area contributed by atoms with Gasteiger partial charge in [0.05, 0.1) is 35.8 Å². The molecular formula is C55H42N2Si. The molecule has 0 atom stereocenters. The van der Waals surface area contributed by atoms with Crippen LogP contribution in [0, 0.1) is 0 Å². The van der Waals surface area contributed by atoms with Gasteiger partial charge in [0.1, 0.15) is 0 Å². The van der Waals surface area contributed by atoms with E-state index in [1.165, 1.54) is 0 Å². The second-order valence-electron chi connectivity index (χ2n) is 14.2. The molecule has 9 aromatic carbocycles. The topological polar surface area (TPSA) is 9.86 Å². The van der Waals surface area contributed by atoms with Crippen LogP contribution in [0.3, 0.4) is 0 Å². The normalized spacial score (nSPS) is 14.1. The van der Waals surface area contributed by atoms with E-state index in [1.807, 2.05) is 103 Å². The predicted molar refractivity (Wildman–Crippen MR) is 251 cm³/mol. The maximum Gasteiger partial charge on any atom is 0.179 e. The molecule has 0 saturated carbocycles. The van der Waals surface area contributed by atoms with Gasteiger partial charge in [-0.05, 0) is 80.4 Å². The van der Waals surface area contributed by atoms with Crippen LogP contribution < -0.4 is 20.7 Å². The van der Waals surface area contributed by atoms with Gasteiger partial charge in [-0.1, -0.05) is 189 Å². The van der Waals surface area contributed by atoms with Gasteiger partial charge in [0, 0.05) is 32.9 Å². The lowest BCUT2D eigenvalue weighted by Crippen LogP contribution is -2.74. The average Bonchev–Trinajstić information content (AvgIpc) is 3.87. The van der Waals surface area contributed by atoms with Crippen LogP contribution in [0.25, 0.3) is 66.1 Å². The second kappa shape index (κ2) is 14.4. The summed E-state index contributed by atoms with van der Waals surface area (Å²) in [6, 6.07) is 54.0. The minimum atomic E-state index is -3.31. The zero-order valence-electron chi connectivity index (χ0n) is 40.6. The van der Waals surface area contributed by atoms with Gasteiger partial charge in [0.2, 0.25) is 0 Å². The van der Waals surface area contributed by atoms with Crippen molar-refractivity contribution < 1.29 is 13.7 Å². The summed E-state index contributed by atoms with van der Waals surface area (Å²) in [5.74, 6) is 0. The minimum Gasteiger partial charge on any atom is -0.309 e. The molecule has 58 heavy (non-hydrogen) atoms. The molecule has 11 rings (SSSR count). The van der Waals surface area contributed by atoms with Crippen molar-refractivity contribution in [3.05, 3.63) is 230 Å². The summed E-state index contributed by atoms with van der Waals surface area (Å²) >= 11 is 0. The SMILES string of the molecule is C.[2H]c1c([2H])c([2H])c(-c2cccc([Si](c3ccccc3)(c3ccccc3)c3ccc4c5ccccc5n(-c5ccc6c(c5)c5ccccc5n6-c5c([2H])c([2H])c([2H])c([2H])c5[2H])c4c3)c2)c([2H])c1[2H]. The highest BCUT2D eigenvalue weighted by molar-refractivity contribution is 7.20. The lowest BCUT2D eigenvalue weighted by Gasteiger charge is -2.35. The number of fused-ring (bicyclic) bond motifs is 6. The van der Waals surface area contributed by atoms with Crippen molar-refractivity contribution in [3.8, 4) is 22.5 Å². The van der Waals surface area contributed by atoms with Crippen LogP contribution in [-0.4, -0.2) is 17.2 Å². The molecule has 0 fully saturated rings. The van der Waals surface area contributed by atoms with Gasteiger partial charge in [-0.2, -0.15) is 0 Å². The van der Waals surface area contributed by atoms with Crippen molar-refractivity contribution in [1.29, 1.82) is 0 Å². The van der Waals surface area contributed by atoms with Crippen molar-refractivity contribution in [2.45, 2.75) is 7.43 Å². The van der Waals surface area contributed by atoms with Gasteiger partial charge in [-0.25, -0.2) is 0 Å². The molecule has 0 spiro atoms. The Morgan fingerprint density at radius 1 is 0.328 bits per heavy atom. The monoisotopic (exact) mass is 768 g/mol. The fourth-order valence-corrected chi connectivity index (χ4v) is 13.6. The van der Waals surface area contributed by atoms with E-state index in [4.69, 9.17) is 13.7 Å². The third-order valence-electron chi connectivity index (χ3n) is 11.2. The maximum atomic E-state index is 8.92. The molecule has 3 heteroatoms. The van der Waals surface area contributed by atoms with E-state index in [0.29, 0.717) is 16.6 Å². The Hall–Kier alpha value is -7.20. The summed E-state index contributed by atoms with van der Waals surface area (Å²) in [6.45, 7) is 0. The Bertz CT molecular complexity index is 3730. The predicted octanol–water partition coefficient (Wildman–Crippen LogP) is 11.6. The standard InChI is InChI=1S/C54H38N2Si.CH4/c1-5-18-39(19-6-1)40-20-17-27-45(36-40)57(43-23-9-3-10-24-43,44-25-11-4-12-26-44)46-33-34-49-47-28-13-15-30-51(47)56(54(49)38-46)42-32-35-53-50(37-42)48-29-14-16-31-52(48)55(53)41-21-7-2-8-22-41;/h1-38H;1H4/i1D,2D,5D,6D,7D,8D,18D,19D,21D,22D;. The number of hydrogen-bond acceptors (Lipinski definition) is 0. The van der Waals surface area contributed by atoms with Crippen molar-refractivity contribution >= 4 is 72.4 Å². The van der Waals surface area contributed by atoms with E-state index in [9.17, 15) is 0 Å². The molecule has 0 aliphatic heterocycles. The molecule has 0 aliphatic rings. The van der Waals surface area contributed by atoms with Crippen molar-refractivity contribution in [2.24, 2.45) is 0 Å². The first kappa shape index (κ1) is 25.9. The van der Waals surface area contributed by atoms with Crippen LogP contribution in [0.15, 0.2) is 230 Å². The van der Waals surface area contributed by atoms with E-state index < -0.39 is 32.2 Å². The fraction of sp³-hybridized carbons (Fsp3) is 0.0182. The number of para-hydroxylation sites is 3. The van der Waals surface area contributed by atoms with Gasteiger partial charge < -0.3 is 9.13 Å². The highest BCUT2D eigenvalue weighted by Crippen LogP contribution is 2.37. The lowest BCUT2D eigenvalue weighted by atomic mass is 10.1. The van der Waals surface area contributed by atoms with Gasteiger partial charge in [0.25, 0.3) is 0 Å². The van der Waals surface area contributed by atoms with E-state index in [1.54, 1.807) is 4.57 Å². The number of aromatic nitrogens is 2. The van der Waals surface area contributed by atoms with Crippen LogP contribution in [0.5, 0.6) is 0 Å². The summed E-state index contributed by atoms with van der Waals surface area (Å²) in [5.41, 5.74) is 4.99. The molecule has 2 heterocycles. The number of benzene rings is 9. The third kappa shape index (κ3) is 5.47. The van der Waals surface area contributed by atoms with Crippen molar-refractivity contribution in [1.82, 2.24) is 9.13 Å². The molecule has 0 saturated heterocycles. The van der Waals surface area contributed by atoms with Gasteiger partial charge >= 0.3 is 0 Å². The Balaban J connectivity index is 0.00000539. The smallest absolute Gasteiger partial charge is 0.179 e. The van der Waals surface area contributed by atoms with Gasteiger partial charge in [-0.15, -0.1) is 0 Å². The van der Waals surface area contributed by atoms with E-state index >= 15 is 0 Å². The Morgan fingerprint density at radius 3 is 1.52 bits per heavy atom. The van der Waals surface area contributed by atoms with E-state index in [2.05, 4.69) is 71.3 Å². The molecule has 0 aliphatic carbocycles. The molecule has 11 aromatic rings. The quantitative estimate of drug-likeness (QED) is 0.113. The zero-order chi connectivity index (χ0) is 46.5. The van der Waals surface area contributed by atoms with Crippen molar-refractivity contribution in [2.75, 3.05) is 0 Å². The van der Waals surface area contributed by atoms with Crippen LogP contribution in [0.2, 0.25) is 0 Å². The van der Waals surface area contributed by atoms with Crippen LogP contribution in [0.4, 0.5) is 0 Å². The average molecular weight is 769 g/mol. The third-order valence-corrected chi connectivity index (χ3v) is 16.0. The van der Waals surface area contributed by atoms with Crippen molar-refractivity contribution in [3.63, 3.8) is 0 Å². The van der Waals surface area contributed by atoms with Crippen LogP contribution >= 0.6 is 0 Å². The fourth-order valence-electron chi connectivity index (χ4n) is 8.86. The lowest BCUT2D eigenvalue weighted by molar-refractivity contribution is 1.17. The van der Waals surface area contributed by atoms with E-state index in [-0.39, 0.29) is 54.9 Å². The van der Waals surface area contributed by atoms with Gasteiger partial charge in [-0.3, -0.25) is 0 Å². The maximum absolute atomic E-state index is 8.92. The molecule has 2 aromatic heterocycles. The summed E-state index contributed by atoms with van der Waals surface area (Å²) < 4.78 is 90.3.